The van der Waals surface area contributed by atoms with Crippen molar-refractivity contribution in [2.24, 2.45) is 0 Å². The Labute approximate surface area is 83.7 Å². The molecule has 0 atom stereocenters. The van der Waals surface area contributed by atoms with Gasteiger partial charge < -0.3 is 9.32 Å². The number of aromatic nitrogens is 1. The molecule has 13 heavy (non-hydrogen) atoms. The lowest BCUT2D eigenvalue weighted by atomic mass is 10.3. The maximum absolute atomic E-state index is 5.63. The van der Waals surface area contributed by atoms with Crippen LogP contribution < -0.4 is 4.90 Å². The zero-order chi connectivity index (χ0) is 9.84. The number of hydrogen-bond acceptors (Lipinski definition) is 3. The molecule has 0 fully saturated rings. The lowest BCUT2D eigenvalue weighted by Crippen LogP contribution is -2.30. The van der Waals surface area contributed by atoms with E-state index in [1.54, 1.807) is 6.26 Å². The summed E-state index contributed by atoms with van der Waals surface area (Å²) in [5.41, 5.74) is 0.788. The molecule has 0 saturated carbocycles. The van der Waals surface area contributed by atoms with E-state index in [0.717, 1.165) is 12.2 Å². The molecular weight excluding hydrogens is 188 g/mol. The van der Waals surface area contributed by atoms with Crippen LogP contribution in [0.25, 0.3) is 0 Å². The van der Waals surface area contributed by atoms with Crippen LogP contribution in [0.4, 0.5) is 6.01 Å². The molecule has 3 nitrogen and oxygen atoms in total. The van der Waals surface area contributed by atoms with E-state index in [1.807, 2.05) is 0 Å². The van der Waals surface area contributed by atoms with Gasteiger partial charge in [0.2, 0.25) is 0 Å². The predicted molar refractivity (Wildman–Crippen MR) is 54.2 cm³/mol. The van der Waals surface area contributed by atoms with Gasteiger partial charge in [0, 0.05) is 12.6 Å². The van der Waals surface area contributed by atoms with Crippen molar-refractivity contribution in [3.05, 3.63) is 12.0 Å². The molecule has 0 aliphatic carbocycles. The SMILES string of the molecule is CCN(c1nc(CCl)co1)C(C)C. The maximum atomic E-state index is 5.63. The molecule has 74 valence electrons. The molecule has 0 N–H and O–H groups in total. The minimum atomic E-state index is 0.395. The van der Waals surface area contributed by atoms with Gasteiger partial charge in [-0.2, -0.15) is 4.98 Å². The number of hydrogen-bond donors (Lipinski definition) is 0. The Morgan fingerprint density at radius 3 is 2.69 bits per heavy atom. The van der Waals surface area contributed by atoms with Crippen LogP contribution in [0.2, 0.25) is 0 Å². The van der Waals surface area contributed by atoms with Gasteiger partial charge >= 0.3 is 0 Å². The first-order valence-electron chi connectivity index (χ1n) is 4.46. The lowest BCUT2D eigenvalue weighted by molar-refractivity contribution is 0.516. The Bertz CT molecular complexity index is 260. The van der Waals surface area contributed by atoms with Gasteiger partial charge in [-0.3, -0.25) is 0 Å². The van der Waals surface area contributed by atoms with Crippen LogP contribution in [0.3, 0.4) is 0 Å². The fourth-order valence-corrected chi connectivity index (χ4v) is 1.33. The van der Waals surface area contributed by atoms with Crippen molar-refractivity contribution in [1.82, 2.24) is 4.98 Å². The van der Waals surface area contributed by atoms with Gasteiger partial charge in [-0.1, -0.05) is 0 Å². The van der Waals surface area contributed by atoms with Crippen LogP contribution in [-0.4, -0.2) is 17.6 Å². The van der Waals surface area contributed by atoms with Crippen LogP contribution in [0.1, 0.15) is 26.5 Å². The van der Waals surface area contributed by atoms with Crippen LogP contribution >= 0.6 is 11.6 Å². The van der Waals surface area contributed by atoms with Crippen LogP contribution in [0.5, 0.6) is 0 Å². The fourth-order valence-electron chi connectivity index (χ4n) is 1.21. The number of alkyl halides is 1. The Hall–Kier alpha value is -0.700. The summed E-state index contributed by atoms with van der Waals surface area (Å²) >= 11 is 5.63. The highest BCUT2D eigenvalue weighted by atomic mass is 35.5. The minimum Gasteiger partial charge on any atom is -0.432 e. The number of anilines is 1. The van der Waals surface area contributed by atoms with Crippen molar-refractivity contribution in [3.63, 3.8) is 0 Å². The van der Waals surface area contributed by atoms with Gasteiger partial charge in [0.15, 0.2) is 0 Å². The number of rotatable bonds is 4. The first-order chi connectivity index (χ1) is 6.19. The topological polar surface area (TPSA) is 29.3 Å². The third kappa shape index (κ3) is 2.37. The summed E-state index contributed by atoms with van der Waals surface area (Å²) in [4.78, 5) is 6.33. The van der Waals surface area contributed by atoms with E-state index < -0.39 is 0 Å². The lowest BCUT2D eigenvalue weighted by Gasteiger charge is -2.22. The van der Waals surface area contributed by atoms with E-state index in [0.29, 0.717) is 17.9 Å². The zero-order valence-corrected chi connectivity index (χ0v) is 9.01. The predicted octanol–water partition coefficient (Wildman–Crippen LogP) is 2.65. The third-order valence-electron chi connectivity index (χ3n) is 1.89. The molecule has 1 rings (SSSR count). The summed E-state index contributed by atoms with van der Waals surface area (Å²) < 4.78 is 5.30. The van der Waals surface area contributed by atoms with Crippen molar-refractivity contribution in [3.8, 4) is 0 Å². The molecule has 0 saturated heterocycles. The summed E-state index contributed by atoms with van der Waals surface area (Å²) in [5.74, 6) is 0.402. The summed E-state index contributed by atoms with van der Waals surface area (Å²) in [5, 5.41) is 0. The minimum absolute atomic E-state index is 0.395. The van der Waals surface area contributed by atoms with E-state index in [-0.39, 0.29) is 0 Å². The van der Waals surface area contributed by atoms with Crippen LogP contribution in [-0.2, 0) is 5.88 Å². The molecule has 0 aliphatic rings. The van der Waals surface area contributed by atoms with Crippen molar-refractivity contribution in [2.75, 3.05) is 11.4 Å². The normalized spacial score (nSPS) is 10.8. The zero-order valence-electron chi connectivity index (χ0n) is 8.25. The van der Waals surface area contributed by atoms with Crippen LogP contribution in [0, 0.1) is 0 Å². The van der Waals surface area contributed by atoms with E-state index in [2.05, 4.69) is 30.7 Å². The highest BCUT2D eigenvalue weighted by molar-refractivity contribution is 6.16. The molecular formula is C9H15ClN2O. The van der Waals surface area contributed by atoms with Crippen molar-refractivity contribution in [2.45, 2.75) is 32.7 Å². The molecule has 0 aromatic carbocycles. The van der Waals surface area contributed by atoms with E-state index >= 15 is 0 Å². The number of oxazole rings is 1. The van der Waals surface area contributed by atoms with Crippen molar-refractivity contribution < 1.29 is 4.42 Å². The van der Waals surface area contributed by atoms with E-state index in [9.17, 15) is 0 Å². The monoisotopic (exact) mass is 202 g/mol. The van der Waals surface area contributed by atoms with E-state index in [4.69, 9.17) is 16.0 Å². The fraction of sp³-hybridized carbons (Fsp3) is 0.667. The second kappa shape index (κ2) is 4.51. The third-order valence-corrected chi connectivity index (χ3v) is 2.16. The highest BCUT2D eigenvalue weighted by Crippen LogP contribution is 2.16. The van der Waals surface area contributed by atoms with Gasteiger partial charge in [0.05, 0.1) is 11.6 Å². The average molecular weight is 203 g/mol. The molecule has 4 heteroatoms. The highest BCUT2D eigenvalue weighted by Gasteiger charge is 2.13. The molecule has 0 aliphatic heterocycles. The Morgan fingerprint density at radius 2 is 2.31 bits per heavy atom. The maximum Gasteiger partial charge on any atom is 0.297 e. The van der Waals surface area contributed by atoms with Gasteiger partial charge in [0.25, 0.3) is 6.01 Å². The number of nitrogens with zero attached hydrogens (tertiary/aromatic N) is 2. The first kappa shape index (κ1) is 10.4. The first-order valence-corrected chi connectivity index (χ1v) is 4.99. The van der Waals surface area contributed by atoms with Gasteiger partial charge in [0.1, 0.15) is 6.26 Å². The van der Waals surface area contributed by atoms with Crippen molar-refractivity contribution >= 4 is 17.6 Å². The quantitative estimate of drug-likeness (QED) is 0.703. The molecule has 0 bridgehead atoms. The van der Waals surface area contributed by atoms with Crippen LogP contribution in [0.15, 0.2) is 10.7 Å². The van der Waals surface area contributed by atoms with Gasteiger partial charge in [-0.05, 0) is 20.8 Å². The van der Waals surface area contributed by atoms with E-state index in [1.165, 1.54) is 0 Å². The van der Waals surface area contributed by atoms with Gasteiger partial charge in [-0.25, -0.2) is 0 Å². The number of halogens is 1. The summed E-state index contributed by atoms with van der Waals surface area (Å²) in [7, 11) is 0. The Morgan fingerprint density at radius 1 is 1.62 bits per heavy atom. The largest absolute Gasteiger partial charge is 0.432 e. The van der Waals surface area contributed by atoms with Gasteiger partial charge in [-0.15, -0.1) is 11.6 Å². The second-order valence-corrected chi connectivity index (χ2v) is 3.40. The molecule has 1 heterocycles. The Kier molecular flexibility index (Phi) is 3.60. The van der Waals surface area contributed by atoms with Crippen molar-refractivity contribution in [1.29, 1.82) is 0 Å². The average Bonchev–Trinajstić information content (AvgIpc) is 2.53. The second-order valence-electron chi connectivity index (χ2n) is 3.13. The summed E-state index contributed by atoms with van der Waals surface area (Å²) in [6, 6.07) is 1.06. The molecule has 1 aromatic rings. The smallest absolute Gasteiger partial charge is 0.297 e. The Balaban J connectivity index is 2.79. The standard InChI is InChI=1S/C9H15ClN2O/c1-4-12(7(2)3)9-11-8(5-10)6-13-9/h6-7H,4-5H2,1-3H3. The molecule has 0 radical (unpaired) electrons. The molecule has 0 spiro atoms. The summed E-state index contributed by atoms with van der Waals surface area (Å²) in [6.45, 7) is 7.17. The molecule has 0 unspecified atom stereocenters. The molecule has 1 aromatic heterocycles. The summed E-state index contributed by atoms with van der Waals surface area (Å²) in [6.07, 6.45) is 1.60. The molecule has 0 amide bonds.